The van der Waals surface area contributed by atoms with Gasteiger partial charge in [0.2, 0.25) is 5.88 Å². The van der Waals surface area contributed by atoms with Crippen molar-refractivity contribution in [3.63, 3.8) is 0 Å². The first-order valence-corrected chi connectivity index (χ1v) is 10.5. The van der Waals surface area contributed by atoms with Gasteiger partial charge in [-0.2, -0.15) is 4.98 Å². The van der Waals surface area contributed by atoms with E-state index in [1.165, 1.54) is 11.1 Å². The zero-order valence-electron chi connectivity index (χ0n) is 18.8. The van der Waals surface area contributed by atoms with Crippen LogP contribution >= 0.6 is 0 Å². The highest BCUT2D eigenvalue weighted by atomic mass is 16.5. The second-order valence-corrected chi connectivity index (χ2v) is 7.92. The first kappa shape index (κ1) is 21.6. The lowest BCUT2D eigenvalue weighted by molar-refractivity contribution is 0.454. The number of allylic oxidation sites excluding steroid dienone is 1. The Kier molecular flexibility index (Phi) is 6.88. The van der Waals surface area contributed by atoms with Crippen LogP contribution in [0.15, 0.2) is 48.5 Å². The Hall–Kier alpha value is -3.14. The van der Waals surface area contributed by atoms with Gasteiger partial charge in [-0.1, -0.05) is 62.4 Å². The van der Waals surface area contributed by atoms with Crippen molar-refractivity contribution in [2.45, 2.75) is 54.0 Å². The summed E-state index contributed by atoms with van der Waals surface area (Å²) in [5, 5.41) is 3.50. The van der Waals surface area contributed by atoms with Crippen LogP contribution in [0.3, 0.4) is 0 Å². The van der Waals surface area contributed by atoms with Crippen molar-refractivity contribution >= 4 is 11.8 Å². The summed E-state index contributed by atoms with van der Waals surface area (Å²) >= 11 is 0. The van der Waals surface area contributed by atoms with E-state index in [0.29, 0.717) is 24.2 Å². The number of ether oxygens (including phenoxy) is 1. The van der Waals surface area contributed by atoms with Crippen LogP contribution in [-0.4, -0.2) is 9.97 Å². The number of aryl methyl sites for hydroxylation is 3. The topological polar surface area (TPSA) is 47.0 Å². The third-order valence-corrected chi connectivity index (χ3v) is 5.00. The van der Waals surface area contributed by atoms with E-state index in [2.05, 4.69) is 67.2 Å². The second kappa shape index (κ2) is 9.57. The molecule has 0 aliphatic carbocycles. The summed E-state index contributed by atoms with van der Waals surface area (Å²) in [6.45, 7) is 13.1. The molecule has 4 heteroatoms. The van der Waals surface area contributed by atoms with E-state index >= 15 is 0 Å². The van der Waals surface area contributed by atoms with Crippen LogP contribution in [0.2, 0.25) is 0 Å². The number of hydrogen-bond donors (Lipinski definition) is 1. The molecule has 1 N–H and O–H groups in total. The van der Waals surface area contributed by atoms with Gasteiger partial charge >= 0.3 is 0 Å². The third-order valence-electron chi connectivity index (χ3n) is 5.00. The molecule has 1 heterocycles. The Balaban J connectivity index is 2.01. The quantitative estimate of drug-likeness (QED) is 0.465. The van der Waals surface area contributed by atoms with Crippen LogP contribution in [0, 0.1) is 20.8 Å². The highest BCUT2D eigenvalue weighted by Crippen LogP contribution is 2.36. The molecule has 0 fully saturated rings. The molecule has 0 unspecified atom stereocenters. The monoisotopic (exact) mass is 401 g/mol. The summed E-state index contributed by atoms with van der Waals surface area (Å²) in [6.07, 6.45) is 3.96. The summed E-state index contributed by atoms with van der Waals surface area (Å²) in [4.78, 5) is 9.25. The zero-order valence-corrected chi connectivity index (χ0v) is 18.8. The summed E-state index contributed by atoms with van der Waals surface area (Å²) < 4.78 is 6.41. The molecular weight excluding hydrogens is 370 g/mol. The number of benzene rings is 2. The first-order chi connectivity index (χ1) is 14.4. The molecule has 0 spiro atoms. The van der Waals surface area contributed by atoms with Crippen molar-refractivity contribution in [1.29, 1.82) is 0 Å². The lowest BCUT2D eigenvalue weighted by Crippen LogP contribution is -2.08. The molecule has 0 amide bonds. The Morgan fingerprint density at radius 2 is 1.67 bits per heavy atom. The van der Waals surface area contributed by atoms with Gasteiger partial charge in [0, 0.05) is 6.54 Å². The Morgan fingerprint density at radius 1 is 1.00 bits per heavy atom. The molecule has 1 aromatic heterocycles. The summed E-state index contributed by atoms with van der Waals surface area (Å²) in [5.41, 5.74) is 6.34. The van der Waals surface area contributed by atoms with Gasteiger partial charge in [0.05, 0.1) is 5.69 Å². The van der Waals surface area contributed by atoms with Gasteiger partial charge in [0.15, 0.2) is 0 Å². The Morgan fingerprint density at radius 3 is 2.27 bits per heavy atom. The highest BCUT2D eigenvalue weighted by molar-refractivity contribution is 5.69. The van der Waals surface area contributed by atoms with Gasteiger partial charge in [0.1, 0.15) is 17.3 Å². The molecule has 30 heavy (non-hydrogen) atoms. The average Bonchev–Trinajstić information content (AvgIpc) is 2.70. The number of rotatable bonds is 7. The van der Waals surface area contributed by atoms with E-state index in [-0.39, 0.29) is 0 Å². The molecule has 0 aliphatic rings. The molecule has 156 valence electrons. The molecule has 3 aromatic rings. The predicted octanol–water partition coefficient (Wildman–Crippen LogP) is 6.96. The minimum absolute atomic E-state index is 0.474. The van der Waals surface area contributed by atoms with Crippen molar-refractivity contribution in [3.8, 4) is 11.6 Å². The molecule has 0 atom stereocenters. The van der Waals surface area contributed by atoms with Gasteiger partial charge in [-0.25, -0.2) is 4.98 Å². The highest BCUT2D eigenvalue weighted by Gasteiger charge is 2.17. The molecule has 0 aliphatic heterocycles. The molecule has 0 radical (unpaired) electrons. The van der Waals surface area contributed by atoms with E-state index in [9.17, 15) is 0 Å². The molecule has 0 bridgehead atoms. The minimum Gasteiger partial charge on any atom is -0.436 e. The van der Waals surface area contributed by atoms with Crippen LogP contribution in [0.25, 0.3) is 6.08 Å². The number of nitrogens with zero attached hydrogens (tertiary/aromatic N) is 2. The average molecular weight is 402 g/mol. The molecular formula is C26H31N3O. The SMILES string of the molecule is C/C=C\c1nc(C)nc(Oc2c(C)cc(C(C)C)cc2C)c1NCc1ccccc1. The van der Waals surface area contributed by atoms with Crippen LogP contribution in [0.5, 0.6) is 11.6 Å². The largest absolute Gasteiger partial charge is 0.436 e. The van der Waals surface area contributed by atoms with Crippen LogP contribution in [0.1, 0.15) is 60.5 Å². The fraction of sp³-hybridized carbons (Fsp3) is 0.308. The van der Waals surface area contributed by atoms with Crippen LogP contribution in [0.4, 0.5) is 5.69 Å². The maximum absolute atomic E-state index is 6.41. The van der Waals surface area contributed by atoms with Gasteiger partial charge in [0.25, 0.3) is 0 Å². The number of aromatic nitrogens is 2. The number of hydrogen-bond acceptors (Lipinski definition) is 4. The first-order valence-electron chi connectivity index (χ1n) is 10.5. The van der Waals surface area contributed by atoms with Crippen molar-refractivity contribution in [2.24, 2.45) is 0 Å². The number of nitrogens with one attached hydrogen (secondary N) is 1. The van der Waals surface area contributed by atoms with E-state index in [1.54, 1.807) is 0 Å². The Bertz CT molecular complexity index is 1020. The minimum atomic E-state index is 0.474. The van der Waals surface area contributed by atoms with E-state index in [0.717, 1.165) is 28.3 Å². The molecule has 2 aromatic carbocycles. The van der Waals surface area contributed by atoms with Crippen molar-refractivity contribution < 1.29 is 4.74 Å². The summed E-state index contributed by atoms with van der Waals surface area (Å²) in [7, 11) is 0. The standard InChI is InChI=1S/C26H31N3O/c1-7-11-23-24(27-16-21-12-9-8-10-13-21)26(29-20(6)28-23)30-25-18(4)14-22(17(2)3)15-19(25)5/h7-15,17,27H,16H2,1-6H3/b11-7-. The normalized spacial score (nSPS) is 11.3. The van der Waals surface area contributed by atoms with Crippen molar-refractivity contribution in [3.05, 3.63) is 82.3 Å². The lowest BCUT2D eigenvalue weighted by Gasteiger charge is -2.18. The summed E-state index contributed by atoms with van der Waals surface area (Å²) in [5.74, 6) is 2.56. The lowest BCUT2D eigenvalue weighted by atomic mass is 9.98. The van der Waals surface area contributed by atoms with Crippen LogP contribution < -0.4 is 10.1 Å². The third kappa shape index (κ3) is 5.07. The van der Waals surface area contributed by atoms with Crippen LogP contribution in [-0.2, 0) is 6.54 Å². The van der Waals surface area contributed by atoms with E-state index in [1.807, 2.05) is 44.2 Å². The predicted molar refractivity (Wildman–Crippen MR) is 125 cm³/mol. The van der Waals surface area contributed by atoms with E-state index in [4.69, 9.17) is 4.74 Å². The maximum Gasteiger partial charge on any atom is 0.246 e. The fourth-order valence-corrected chi connectivity index (χ4v) is 3.45. The number of anilines is 1. The maximum atomic E-state index is 6.41. The van der Waals surface area contributed by atoms with Gasteiger partial charge in [-0.05, 0) is 61.9 Å². The molecule has 4 nitrogen and oxygen atoms in total. The second-order valence-electron chi connectivity index (χ2n) is 7.92. The van der Waals surface area contributed by atoms with Gasteiger partial charge in [-0.3, -0.25) is 0 Å². The smallest absolute Gasteiger partial charge is 0.246 e. The fourth-order valence-electron chi connectivity index (χ4n) is 3.45. The zero-order chi connectivity index (χ0) is 21.7. The summed E-state index contributed by atoms with van der Waals surface area (Å²) in [6, 6.07) is 14.7. The van der Waals surface area contributed by atoms with Gasteiger partial charge < -0.3 is 10.1 Å². The van der Waals surface area contributed by atoms with E-state index < -0.39 is 0 Å². The van der Waals surface area contributed by atoms with Crippen molar-refractivity contribution in [2.75, 3.05) is 5.32 Å². The Labute approximate surface area is 180 Å². The molecule has 0 saturated carbocycles. The molecule has 0 saturated heterocycles. The van der Waals surface area contributed by atoms with Gasteiger partial charge in [-0.15, -0.1) is 0 Å². The molecule has 3 rings (SSSR count). The van der Waals surface area contributed by atoms with Crippen molar-refractivity contribution in [1.82, 2.24) is 9.97 Å².